The summed E-state index contributed by atoms with van der Waals surface area (Å²) in [6.07, 6.45) is 3.12. The zero-order valence-electron chi connectivity index (χ0n) is 17.8. The summed E-state index contributed by atoms with van der Waals surface area (Å²) in [6, 6.07) is 0.304. The summed E-state index contributed by atoms with van der Waals surface area (Å²) in [5, 5.41) is 6.72. The maximum atomic E-state index is 11.8. The molecule has 0 rings (SSSR count). The first-order valence-corrected chi connectivity index (χ1v) is 9.99. The standard InChI is InChI=1S/C19H41N5O2/c1-7-24(8-2)14-10-12-17(4)22-19(20-13-11-15-26-9-3)21-16-18(25)23(5)6/h17H,7-16H2,1-6H3,(H2,20,21,22). The quantitative estimate of drug-likeness (QED) is 0.275. The van der Waals surface area contributed by atoms with Gasteiger partial charge in [-0.05, 0) is 52.7 Å². The van der Waals surface area contributed by atoms with Crippen LogP contribution in [0, 0.1) is 0 Å². The molecule has 2 N–H and O–H groups in total. The lowest BCUT2D eigenvalue weighted by molar-refractivity contribution is -0.127. The molecule has 0 aromatic carbocycles. The number of aliphatic imine (C=N–C) groups is 1. The van der Waals surface area contributed by atoms with Crippen LogP contribution in [0.2, 0.25) is 0 Å². The van der Waals surface area contributed by atoms with Gasteiger partial charge in [0.2, 0.25) is 5.91 Å². The molecule has 0 bridgehead atoms. The Kier molecular flexibility index (Phi) is 15.1. The minimum atomic E-state index is -0.00500. The highest BCUT2D eigenvalue weighted by Gasteiger charge is 2.09. The number of hydrogen-bond acceptors (Lipinski definition) is 4. The van der Waals surface area contributed by atoms with Crippen LogP contribution in [-0.2, 0) is 9.53 Å². The van der Waals surface area contributed by atoms with E-state index in [-0.39, 0.29) is 12.5 Å². The molecule has 0 aliphatic heterocycles. The van der Waals surface area contributed by atoms with E-state index in [1.807, 2.05) is 6.92 Å². The third-order valence-corrected chi connectivity index (χ3v) is 4.22. The van der Waals surface area contributed by atoms with Crippen molar-refractivity contribution in [1.29, 1.82) is 0 Å². The van der Waals surface area contributed by atoms with Gasteiger partial charge in [0.05, 0.1) is 0 Å². The number of rotatable bonds is 14. The molecule has 154 valence electrons. The normalized spacial score (nSPS) is 13.0. The molecule has 0 heterocycles. The molecule has 7 nitrogen and oxygen atoms in total. The molecule has 1 unspecified atom stereocenters. The first kappa shape index (κ1) is 24.7. The van der Waals surface area contributed by atoms with Gasteiger partial charge in [-0.1, -0.05) is 13.8 Å². The number of carbonyl (C=O) groups is 1. The molecule has 1 amide bonds. The molecule has 0 spiro atoms. The van der Waals surface area contributed by atoms with Crippen LogP contribution in [0.1, 0.15) is 47.0 Å². The second kappa shape index (κ2) is 15.9. The second-order valence-electron chi connectivity index (χ2n) is 6.64. The fourth-order valence-corrected chi connectivity index (χ4v) is 2.43. The Hall–Kier alpha value is -1.34. The summed E-state index contributed by atoms with van der Waals surface area (Å²) in [5.41, 5.74) is 0. The van der Waals surface area contributed by atoms with Crippen LogP contribution in [0.3, 0.4) is 0 Å². The number of guanidine groups is 1. The van der Waals surface area contributed by atoms with Gasteiger partial charge in [0.1, 0.15) is 6.54 Å². The smallest absolute Gasteiger partial charge is 0.243 e. The Morgan fingerprint density at radius 3 is 2.42 bits per heavy atom. The molecule has 0 radical (unpaired) electrons. The third kappa shape index (κ3) is 12.9. The summed E-state index contributed by atoms with van der Waals surface area (Å²) >= 11 is 0. The van der Waals surface area contributed by atoms with Crippen molar-refractivity contribution in [1.82, 2.24) is 20.4 Å². The molecular formula is C19H41N5O2. The lowest BCUT2D eigenvalue weighted by atomic mass is 10.2. The van der Waals surface area contributed by atoms with Crippen LogP contribution < -0.4 is 10.6 Å². The van der Waals surface area contributed by atoms with E-state index in [0.717, 1.165) is 58.7 Å². The first-order valence-electron chi connectivity index (χ1n) is 9.99. The van der Waals surface area contributed by atoms with E-state index < -0.39 is 0 Å². The molecule has 0 fully saturated rings. The van der Waals surface area contributed by atoms with Crippen molar-refractivity contribution in [2.75, 3.05) is 60.0 Å². The van der Waals surface area contributed by atoms with E-state index in [9.17, 15) is 4.79 Å². The van der Waals surface area contributed by atoms with Crippen molar-refractivity contribution >= 4 is 11.9 Å². The molecule has 0 saturated carbocycles. The fraction of sp³-hybridized carbons (Fsp3) is 0.895. The molecule has 7 heteroatoms. The van der Waals surface area contributed by atoms with Crippen molar-refractivity contribution in [3.05, 3.63) is 0 Å². The van der Waals surface area contributed by atoms with Crippen LogP contribution in [0.25, 0.3) is 0 Å². The fourth-order valence-electron chi connectivity index (χ4n) is 2.43. The summed E-state index contributed by atoms with van der Waals surface area (Å²) in [7, 11) is 3.49. The Morgan fingerprint density at radius 2 is 1.85 bits per heavy atom. The highest BCUT2D eigenvalue weighted by molar-refractivity contribution is 5.84. The highest BCUT2D eigenvalue weighted by atomic mass is 16.5. The molecule has 0 aromatic rings. The van der Waals surface area contributed by atoms with Gasteiger partial charge < -0.3 is 25.2 Å². The number of amides is 1. The van der Waals surface area contributed by atoms with Crippen LogP contribution in [-0.4, -0.2) is 87.7 Å². The first-order chi connectivity index (χ1) is 12.4. The lowest BCUT2D eigenvalue weighted by Gasteiger charge is -2.21. The second-order valence-corrected chi connectivity index (χ2v) is 6.64. The monoisotopic (exact) mass is 371 g/mol. The largest absolute Gasteiger partial charge is 0.382 e. The van der Waals surface area contributed by atoms with Gasteiger partial charge in [-0.15, -0.1) is 0 Å². The van der Waals surface area contributed by atoms with Gasteiger partial charge >= 0.3 is 0 Å². The van der Waals surface area contributed by atoms with Crippen molar-refractivity contribution in [3.63, 3.8) is 0 Å². The van der Waals surface area contributed by atoms with Crippen LogP contribution in [0.4, 0.5) is 0 Å². The van der Waals surface area contributed by atoms with Crippen molar-refractivity contribution in [2.45, 2.75) is 53.0 Å². The third-order valence-electron chi connectivity index (χ3n) is 4.22. The molecule has 0 saturated heterocycles. The van der Waals surface area contributed by atoms with Gasteiger partial charge in [0, 0.05) is 39.9 Å². The zero-order valence-corrected chi connectivity index (χ0v) is 17.8. The molecule has 0 aromatic heterocycles. The van der Waals surface area contributed by atoms with E-state index in [1.165, 1.54) is 0 Å². The SMILES string of the molecule is CCOCCCNC(=NCC(=O)N(C)C)NC(C)CCCN(CC)CC. The minimum absolute atomic E-state index is 0.00500. The van der Waals surface area contributed by atoms with E-state index >= 15 is 0 Å². The maximum Gasteiger partial charge on any atom is 0.243 e. The molecule has 0 aliphatic rings. The molecule has 0 aliphatic carbocycles. The average Bonchev–Trinajstić information content (AvgIpc) is 2.62. The number of likely N-dealkylation sites (N-methyl/N-ethyl adjacent to an activating group) is 1. The van der Waals surface area contributed by atoms with E-state index in [1.54, 1.807) is 19.0 Å². The Labute approximate surface area is 160 Å². The minimum Gasteiger partial charge on any atom is -0.382 e. The van der Waals surface area contributed by atoms with Gasteiger partial charge in [0.25, 0.3) is 0 Å². The van der Waals surface area contributed by atoms with Gasteiger partial charge in [-0.2, -0.15) is 0 Å². The van der Waals surface area contributed by atoms with Crippen molar-refractivity contribution < 1.29 is 9.53 Å². The summed E-state index contributed by atoms with van der Waals surface area (Å²) < 4.78 is 5.36. The van der Waals surface area contributed by atoms with Crippen molar-refractivity contribution in [3.8, 4) is 0 Å². The summed E-state index contributed by atoms with van der Waals surface area (Å²) in [5.74, 6) is 0.696. The number of nitrogens with zero attached hydrogens (tertiary/aromatic N) is 3. The highest BCUT2D eigenvalue weighted by Crippen LogP contribution is 2.00. The summed E-state index contributed by atoms with van der Waals surface area (Å²) in [6.45, 7) is 14.3. The number of carbonyl (C=O) groups excluding carboxylic acids is 1. The van der Waals surface area contributed by atoms with E-state index in [4.69, 9.17) is 4.74 Å². The van der Waals surface area contributed by atoms with Crippen LogP contribution >= 0.6 is 0 Å². The number of ether oxygens (including phenoxy) is 1. The Bertz CT molecular complexity index is 384. The molecule has 26 heavy (non-hydrogen) atoms. The van der Waals surface area contributed by atoms with Gasteiger partial charge in [0.15, 0.2) is 5.96 Å². The molecule has 1 atom stereocenters. The predicted octanol–water partition coefficient (Wildman–Crippen LogP) is 1.55. The van der Waals surface area contributed by atoms with Gasteiger partial charge in [-0.3, -0.25) is 4.79 Å². The van der Waals surface area contributed by atoms with Gasteiger partial charge in [-0.25, -0.2) is 4.99 Å². The Balaban J connectivity index is 4.42. The number of nitrogens with one attached hydrogen (secondary N) is 2. The maximum absolute atomic E-state index is 11.8. The van der Waals surface area contributed by atoms with E-state index in [0.29, 0.717) is 12.0 Å². The topological polar surface area (TPSA) is 69.2 Å². The Morgan fingerprint density at radius 1 is 1.15 bits per heavy atom. The molecular weight excluding hydrogens is 330 g/mol. The van der Waals surface area contributed by atoms with Crippen molar-refractivity contribution in [2.24, 2.45) is 4.99 Å². The summed E-state index contributed by atoms with van der Waals surface area (Å²) in [4.78, 5) is 20.2. The lowest BCUT2D eigenvalue weighted by Crippen LogP contribution is -2.43. The average molecular weight is 372 g/mol. The van der Waals surface area contributed by atoms with E-state index in [2.05, 4.69) is 41.3 Å². The predicted molar refractivity (Wildman–Crippen MR) is 110 cm³/mol. The van der Waals surface area contributed by atoms with Crippen LogP contribution in [0.15, 0.2) is 4.99 Å². The zero-order chi connectivity index (χ0) is 19.8. The number of hydrogen-bond donors (Lipinski definition) is 2. The van der Waals surface area contributed by atoms with Crippen LogP contribution in [0.5, 0.6) is 0 Å².